The second kappa shape index (κ2) is 19.8. The van der Waals surface area contributed by atoms with E-state index in [0.29, 0.717) is 0 Å². The SMILES string of the molecule is Cc1cccc2c1-c1c(ccc3oc4ccccc4c13)C2(c1cccc(-c2cccc(-c3cc(-c4ccccc4)cc(-c4ccccc4)c3)c2)c1)c1cccc(-c2cccc(-c3cc(-c4ccccc4)cc(-c4ccccc4)c3)c2)c1. The van der Waals surface area contributed by atoms with E-state index in [-0.39, 0.29) is 0 Å². The molecule has 81 heavy (non-hydrogen) atoms. The van der Waals surface area contributed by atoms with E-state index in [1.54, 1.807) is 0 Å². The molecule has 0 radical (unpaired) electrons. The molecule has 14 aromatic rings. The zero-order chi connectivity index (χ0) is 53.9. The van der Waals surface area contributed by atoms with Crippen molar-refractivity contribution in [2.45, 2.75) is 12.3 Å². The Bertz CT molecular complexity index is 4350. The van der Waals surface area contributed by atoms with Crippen molar-refractivity contribution in [3.8, 4) is 100 Å². The van der Waals surface area contributed by atoms with Gasteiger partial charge in [0.2, 0.25) is 0 Å². The maximum absolute atomic E-state index is 6.69. The van der Waals surface area contributed by atoms with Crippen LogP contribution in [-0.2, 0) is 5.41 Å². The Morgan fingerprint density at radius 1 is 0.235 bits per heavy atom. The second-order valence-electron chi connectivity index (χ2n) is 21.6. The molecule has 1 aromatic heterocycles. The van der Waals surface area contributed by atoms with E-state index in [4.69, 9.17) is 4.42 Å². The van der Waals surface area contributed by atoms with Crippen molar-refractivity contribution in [3.05, 3.63) is 337 Å². The number of hydrogen-bond donors (Lipinski definition) is 0. The Morgan fingerprint density at radius 3 is 1.02 bits per heavy atom. The molecule has 0 unspecified atom stereocenters. The highest BCUT2D eigenvalue weighted by molar-refractivity contribution is 6.16. The van der Waals surface area contributed by atoms with Crippen LogP contribution in [0.1, 0.15) is 27.8 Å². The molecule has 1 heteroatoms. The maximum atomic E-state index is 6.69. The standard InChI is InChI=1S/C80H54O/c1-53-21-16-39-73-77(53)79-74(41-42-76-78(79)72-38-14-15-40-75(72)81-76)80(73,70-36-19-34-62(51-70)58-30-17-32-60(43-58)68-47-64(54-22-6-2-7-23-54)45-65(48-68)55-24-8-3-9-25-55)71-37-20-35-63(52-71)59-31-18-33-61(44-59)69-49-66(56-26-10-4-11-27-56)46-67(50-69)57-28-12-5-13-29-57/h2-52H,1H3. The van der Waals surface area contributed by atoms with Crippen LogP contribution in [0.4, 0.5) is 0 Å². The largest absolute Gasteiger partial charge is 0.456 e. The fraction of sp³-hybridized carbons (Fsp3) is 0.0250. The highest BCUT2D eigenvalue weighted by atomic mass is 16.3. The minimum atomic E-state index is -0.715. The molecule has 1 nitrogen and oxygen atoms in total. The van der Waals surface area contributed by atoms with Gasteiger partial charge in [0.1, 0.15) is 11.2 Å². The lowest BCUT2D eigenvalue weighted by Gasteiger charge is -2.34. The Morgan fingerprint density at radius 2 is 0.568 bits per heavy atom. The minimum Gasteiger partial charge on any atom is -0.456 e. The summed E-state index contributed by atoms with van der Waals surface area (Å²) in [7, 11) is 0. The predicted molar refractivity (Wildman–Crippen MR) is 339 cm³/mol. The van der Waals surface area contributed by atoms with E-state index >= 15 is 0 Å². The van der Waals surface area contributed by atoms with Crippen LogP contribution < -0.4 is 0 Å². The molecular weight excluding hydrogens is 977 g/mol. The molecule has 0 fully saturated rings. The molecule has 0 spiro atoms. The summed E-state index contributed by atoms with van der Waals surface area (Å²) < 4.78 is 6.69. The lowest BCUT2D eigenvalue weighted by Crippen LogP contribution is -2.28. The van der Waals surface area contributed by atoms with Crippen LogP contribution >= 0.6 is 0 Å². The van der Waals surface area contributed by atoms with Gasteiger partial charge in [0.05, 0.1) is 5.41 Å². The van der Waals surface area contributed by atoms with E-state index in [1.807, 2.05) is 0 Å². The first-order valence-electron chi connectivity index (χ1n) is 28.0. The molecule has 0 bridgehead atoms. The van der Waals surface area contributed by atoms with Gasteiger partial charge in [-0.2, -0.15) is 0 Å². The molecule has 1 aliphatic carbocycles. The van der Waals surface area contributed by atoms with Gasteiger partial charge in [-0.05, 0) is 208 Å². The highest BCUT2D eigenvalue weighted by Gasteiger charge is 2.48. The first-order valence-corrected chi connectivity index (χ1v) is 28.0. The quantitative estimate of drug-likeness (QED) is 0.133. The molecule has 0 amide bonds. The van der Waals surface area contributed by atoms with Gasteiger partial charge in [-0.15, -0.1) is 0 Å². The van der Waals surface area contributed by atoms with Gasteiger partial charge in [0.15, 0.2) is 0 Å². The van der Waals surface area contributed by atoms with Gasteiger partial charge >= 0.3 is 0 Å². The highest BCUT2D eigenvalue weighted by Crippen LogP contribution is 2.60. The van der Waals surface area contributed by atoms with Crippen molar-refractivity contribution in [3.63, 3.8) is 0 Å². The maximum Gasteiger partial charge on any atom is 0.136 e. The Hall–Kier alpha value is -10.3. The Labute approximate surface area is 473 Å². The molecule has 1 aliphatic rings. The smallest absolute Gasteiger partial charge is 0.136 e. The van der Waals surface area contributed by atoms with E-state index in [9.17, 15) is 0 Å². The van der Waals surface area contributed by atoms with Crippen LogP contribution in [0.25, 0.3) is 122 Å². The summed E-state index contributed by atoms with van der Waals surface area (Å²) >= 11 is 0. The topological polar surface area (TPSA) is 13.1 Å². The first kappa shape index (κ1) is 47.8. The van der Waals surface area contributed by atoms with Crippen molar-refractivity contribution < 1.29 is 4.42 Å². The minimum absolute atomic E-state index is 0.715. The Kier molecular flexibility index (Phi) is 11.7. The van der Waals surface area contributed by atoms with Gasteiger partial charge in [0, 0.05) is 10.8 Å². The second-order valence-corrected chi connectivity index (χ2v) is 21.6. The van der Waals surface area contributed by atoms with Crippen molar-refractivity contribution in [2.24, 2.45) is 0 Å². The van der Waals surface area contributed by atoms with Crippen molar-refractivity contribution in [1.29, 1.82) is 0 Å². The predicted octanol–water partition coefficient (Wildman–Crippen LogP) is 21.6. The van der Waals surface area contributed by atoms with Crippen molar-refractivity contribution >= 4 is 21.9 Å². The number of rotatable bonds is 10. The summed E-state index contributed by atoms with van der Waals surface area (Å²) in [6, 6.07) is 114. The number of para-hydroxylation sites is 1. The number of aryl methyl sites for hydroxylation is 1. The summed E-state index contributed by atoms with van der Waals surface area (Å²) in [5.74, 6) is 0. The van der Waals surface area contributed by atoms with Crippen LogP contribution in [-0.4, -0.2) is 0 Å². The molecule has 0 atom stereocenters. The fourth-order valence-corrected chi connectivity index (χ4v) is 13.0. The zero-order valence-electron chi connectivity index (χ0n) is 44.9. The molecule has 0 N–H and O–H groups in total. The average molecular weight is 1030 g/mol. The summed E-state index contributed by atoms with van der Waals surface area (Å²) in [6.07, 6.45) is 0. The summed E-state index contributed by atoms with van der Waals surface area (Å²) in [5.41, 5.74) is 28.6. The van der Waals surface area contributed by atoms with Gasteiger partial charge in [-0.3, -0.25) is 0 Å². The first-order chi connectivity index (χ1) is 40.0. The molecular formula is C80H54O. The Balaban J connectivity index is 0.915. The lowest BCUT2D eigenvalue weighted by molar-refractivity contribution is 0.668. The van der Waals surface area contributed by atoms with Crippen LogP contribution in [0.5, 0.6) is 0 Å². The number of benzene rings is 13. The van der Waals surface area contributed by atoms with Crippen LogP contribution in [0.2, 0.25) is 0 Å². The molecule has 0 aliphatic heterocycles. The fourth-order valence-electron chi connectivity index (χ4n) is 13.0. The molecule has 0 saturated heterocycles. The molecule has 15 rings (SSSR count). The molecule has 1 heterocycles. The summed E-state index contributed by atoms with van der Waals surface area (Å²) in [6.45, 7) is 2.27. The number of hydrogen-bond acceptors (Lipinski definition) is 1. The normalized spacial score (nSPS) is 12.4. The third-order valence-corrected chi connectivity index (χ3v) is 16.8. The summed E-state index contributed by atoms with van der Waals surface area (Å²) in [5, 5.41) is 2.29. The van der Waals surface area contributed by atoms with E-state index < -0.39 is 5.41 Å². The molecule has 0 saturated carbocycles. The van der Waals surface area contributed by atoms with E-state index in [0.717, 1.165) is 44.2 Å². The molecule has 380 valence electrons. The summed E-state index contributed by atoms with van der Waals surface area (Å²) in [4.78, 5) is 0. The van der Waals surface area contributed by atoms with Crippen molar-refractivity contribution in [2.75, 3.05) is 0 Å². The zero-order valence-corrected chi connectivity index (χ0v) is 44.9. The van der Waals surface area contributed by atoms with Crippen LogP contribution in [0, 0.1) is 6.92 Å². The number of furan rings is 1. The third-order valence-electron chi connectivity index (χ3n) is 16.8. The average Bonchev–Trinajstić information content (AvgIpc) is 4.26. The van der Waals surface area contributed by atoms with Gasteiger partial charge in [-0.25, -0.2) is 0 Å². The van der Waals surface area contributed by atoms with Crippen molar-refractivity contribution in [1.82, 2.24) is 0 Å². The molecule has 13 aromatic carbocycles. The van der Waals surface area contributed by atoms with Crippen LogP contribution in [0.3, 0.4) is 0 Å². The van der Waals surface area contributed by atoms with E-state index in [1.165, 1.54) is 106 Å². The third kappa shape index (κ3) is 8.33. The van der Waals surface area contributed by atoms with Gasteiger partial charge < -0.3 is 4.42 Å². The van der Waals surface area contributed by atoms with Gasteiger partial charge in [-0.1, -0.05) is 237 Å². The van der Waals surface area contributed by atoms with Gasteiger partial charge in [0.25, 0.3) is 0 Å². The van der Waals surface area contributed by atoms with E-state index in [2.05, 4.69) is 316 Å². The van der Waals surface area contributed by atoms with Crippen LogP contribution in [0.15, 0.2) is 314 Å². The number of fused-ring (bicyclic) bond motifs is 7. The monoisotopic (exact) mass is 1030 g/mol. The lowest BCUT2D eigenvalue weighted by atomic mass is 9.67.